The Hall–Kier alpha value is -1.14. The molecule has 2 unspecified atom stereocenters. The summed E-state index contributed by atoms with van der Waals surface area (Å²) in [5.74, 6) is 0.680. The summed E-state index contributed by atoms with van der Waals surface area (Å²) in [6.07, 6.45) is 2.21. The van der Waals surface area contributed by atoms with Crippen LogP contribution in [0.2, 0.25) is 0 Å². The van der Waals surface area contributed by atoms with E-state index in [1.807, 2.05) is 47.7 Å². The van der Waals surface area contributed by atoms with Crippen LogP contribution in [-0.4, -0.2) is 65.5 Å². The topological polar surface area (TPSA) is 88.1 Å². The van der Waals surface area contributed by atoms with Crippen molar-refractivity contribution in [2.45, 2.75) is 78.4 Å². The van der Waals surface area contributed by atoms with Crippen molar-refractivity contribution in [2.24, 2.45) is 4.99 Å². The molecule has 1 aliphatic rings. The van der Waals surface area contributed by atoms with Crippen molar-refractivity contribution in [2.75, 3.05) is 20.1 Å². The van der Waals surface area contributed by atoms with Crippen molar-refractivity contribution in [3.05, 3.63) is 16.1 Å². The lowest BCUT2D eigenvalue weighted by Gasteiger charge is -2.35. The van der Waals surface area contributed by atoms with E-state index in [9.17, 15) is 4.79 Å². The maximum atomic E-state index is 12.8. The van der Waals surface area contributed by atoms with E-state index >= 15 is 0 Å². The molecule has 1 amide bonds. The highest BCUT2D eigenvalue weighted by atomic mass is 127. The average Bonchev–Trinajstić information content (AvgIpc) is 3.08. The number of thiazole rings is 1. The average molecular weight is 554 g/mol. The Morgan fingerprint density at radius 1 is 1.40 bits per heavy atom. The van der Waals surface area contributed by atoms with Gasteiger partial charge in [-0.1, -0.05) is 0 Å². The van der Waals surface area contributed by atoms with Gasteiger partial charge < -0.3 is 20.1 Å². The number of rotatable bonds is 5. The van der Waals surface area contributed by atoms with Crippen molar-refractivity contribution in [3.8, 4) is 0 Å². The van der Waals surface area contributed by atoms with E-state index < -0.39 is 11.3 Å². The van der Waals surface area contributed by atoms with Crippen LogP contribution in [0.25, 0.3) is 0 Å². The smallest absolute Gasteiger partial charge is 0.412 e. The number of nitrogens with one attached hydrogen (secondary N) is 2. The fourth-order valence-corrected chi connectivity index (χ4v) is 4.14. The molecule has 1 aromatic rings. The monoisotopic (exact) mass is 553 g/mol. The highest BCUT2D eigenvalue weighted by molar-refractivity contribution is 14.0. The molecule has 0 aromatic carbocycles. The van der Waals surface area contributed by atoms with Crippen LogP contribution >= 0.6 is 35.3 Å². The Balaban J connectivity index is 0.00000450. The third-order valence-corrected chi connectivity index (χ3v) is 5.49. The number of halogens is 1. The number of hydrogen-bond donors (Lipinski definition) is 2. The molecular formula is C20H36IN5O3S. The number of ether oxygens (including phenoxy) is 2. The van der Waals surface area contributed by atoms with Crippen molar-refractivity contribution in [3.63, 3.8) is 0 Å². The number of guanidine groups is 1. The molecule has 2 rings (SSSR count). The summed E-state index contributed by atoms with van der Waals surface area (Å²) in [4.78, 5) is 24.4. The second-order valence-corrected chi connectivity index (χ2v) is 10.0. The Morgan fingerprint density at radius 2 is 2.07 bits per heavy atom. The molecule has 30 heavy (non-hydrogen) atoms. The minimum atomic E-state index is -0.742. The molecule has 0 spiro atoms. The summed E-state index contributed by atoms with van der Waals surface area (Å²) < 4.78 is 11.6. The first-order valence-electron chi connectivity index (χ1n) is 9.99. The number of aromatic nitrogens is 1. The Labute approximate surface area is 201 Å². The highest BCUT2D eigenvalue weighted by Gasteiger charge is 2.49. The van der Waals surface area contributed by atoms with Crippen molar-refractivity contribution < 1.29 is 14.3 Å². The van der Waals surface area contributed by atoms with Gasteiger partial charge >= 0.3 is 6.09 Å². The number of aryl methyl sites for hydroxylation is 1. The van der Waals surface area contributed by atoms with Crippen LogP contribution < -0.4 is 10.6 Å². The maximum absolute atomic E-state index is 12.8. The van der Waals surface area contributed by atoms with E-state index in [2.05, 4.69) is 27.5 Å². The number of amides is 1. The second kappa shape index (κ2) is 10.9. The molecule has 2 N–H and O–H groups in total. The van der Waals surface area contributed by atoms with Crippen LogP contribution in [0.1, 0.15) is 51.4 Å². The quantitative estimate of drug-likeness (QED) is 0.330. The lowest BCUT2D eigenvalue weighted by molar-refractivity contribution is -0.0755. The molecule has 172 valence electrons. The normalized spacial score (nSPS) is 21.2. The van der Waals surface area contributed by atoms with Crippen molar-refractivity contribution in [1.82, 2.24) is 20.5 Å². The van der Waals surface area contributed by atoms with E-state index in [-0.39, 0.29) is 42.2 Å². The molecule has 1 aromatic heterocycles. The number of hydrogen-bond acceptors (Lipinski definition) is 6. The SMILES string of the molecule is CN=C(NCCc1ncc(C)s1)NCC1C(C)OC(C)(C)N1C(=O)OC(C)(C)C.I. The standard InChI is InChI=1S/C20H35N5O3S.HI/c1-13-11-23-16(29-13)9-10-22-17(21-8)24-12-15-14(2)27-20(6,7)25(15)18(26)28-19(3,4)5;/h11,14-15H,9-10,12H2,1-8H3,(H2,21,22,24);1H. The van der Waals surface area contributed by atoms with Gasteiger partial charge in [0.15, 0.2) is 5.96 Å². The van der Waals surface area contributed by atoms with Gasteiger partial charge in [-0.05, 0) is 48.5 Å². The second-order valence-electron chi connectivity index (χ2n) is 8.68. The lowest BCUT2D eigenvalue weighted by Crippen LogP contribution is -2.54. The van der Waals surface area contributed by atoms with E-state index in [0.717, 1.165) is 18.0 Å². The van der Waals surface area contributed by atoms with Crippen LogP contribution in [0.4, 0.5) is 4.79 Å². The van der Waals surface area contributed by atoms with E-state index in [1.165, 1.54) is 4.88 Å². The summed E-state index contributed by atoms with van der Waals surface area (Å²) in [7, 11) is 1.73. The first-order chi connectivity index (χ1) is 13.4. The summed E-state index contributed by atoms with van der Waals surface area (Å²) in [5, 5.41) is 7.71. The highest BCUT2D eigenvalue weighted by Crippen LogP contribution is 2.33. The molecule has 8 nitrogen and oxygen atoms in total. The van der Waals surface area contributed by atoms with Crippen molar-refractivity contribution in [1.29, 1.82) is 0 Å². The molecule has 0 bridgehead atoms. The molecular weight excluding hydrogens is 517 g/mol. The number of aliphatic imine (C=N–C) groups is 1. The summed E-state index contributed by atoms with van der Waals surface area (Å²) in [5.41, 5.74) is -1.31. The van der Waals surface area contributed by atoms with Crippen LogP contribution in [0, 0.1) is 6.92 Å². The zero-order valence-corrected chi connectivity index (χ0v) is 22.4. The fraction of sp³-hybridized carbons (Fsp3) is 0.750. The van der Waals surface area contributed by atoms with E-state index in [1.54, 1.807) is 23.3 Å². The number of carbonyl (C=O) groups excluding carboxylic acids is 1. The first-order valence-corrected chi connectivity index (χ1v) is 10.8. The third kappa shape index (κ3) is 7.52. The predicted octanol–water partition coefficient (Wildman–Crippen LogP) is 3.54. The molecule has 0 aliphatic carbocycles. The van der Waals surface area contributed by atoms with Crippen LogP contribution in [0.15, 0.2) is 11.2 Å². The predicted molar refractivity (Wildman–Crippen MR) is 132 cm³/mol. The molecule has 2 heterocycles. The third-order valence-electron chi connectivity index (χ3n) is 4.52. The van der Waals surface area contributed by atoms with Gasteiger partial charge in [0, 0.05) is 37.6 Å². The van der Waals surface area contributed by atoms with E-state index in [4.69, 9.17) is 9.47 Å². The van der Waals surface area contributed by atoms with Gasteiger partial charge in [-0.15, -0.1) is 35.3 Å². The number of carbonyl (C=O) groups is 1. The molecule has 1 fully saturated rings. The summed E-state index contributed by atoms with van der Waals surface area (Å²) in [6, 6.07) is -0.181. The van der Waals surface area contributed by atoms with Crippen LogP contribution in [0.3, 0.4) is 0 Å². The molecule has 1 aliphatic heterocycles. The van der Waals surface area contributed by atoms with Gasteiger partial charge in [0.25, 0.3) is 0 Å². The van der Waals surface area contributed by atoms with Gasteiger partial charge in [-0.2, -0.15) is 0 Å². The number of nitrogens with zero attached hydrogens (tertiary/aromatic N) is 3. The summed E-state index contributed by atoms with van der Waals surface area (Å²) in [6.45, 7) is 14.6. The van der Waals surface area contributed by atoms with E-state index in [0.29, 0.717) is 12.5 Å². The molecule has 2 atom stereocenters. The molecule has 0 saturated carbocycles. The van der Waals surface area contributed by atoms with Gasteiger partial charge in [-0.25, -0.2) is 9.78 Å². The van der Waals surface area contributed by atoms with Gasteiger partial charge in [0.1, 0.15) is 11.3 Å². The van der Waals surface area contributed by atoms with Crippen molar-refractivity contribution >= 4 is 47.4 Å². The Bertz CT molecular complexity index is 732. The largest absolute Gasteiger partial charge is 0.444 e. The summed E-state index contributed by atoms with van der Waals surface area (Å²) >= 11 is 1.70. The minimum Gasteiger partial charge on any atom is -0.444 e. The maximum Gasteiger partial charge on any atom is 0.412 e. The van der Waals surface area contributed by atoms with Crippen LogP contribution in [-0.2, 0) is 15.9 Å². The molecule has 1 saturated heterocycles. The van der Waals surface area contributed by atoms with Gasteiger partial charge in [-0.3, -0.25) is 9.89 Å². The van der Waals surface area contributed by atoms with Crippen LogP contribution in [0.5, 0.6) is 0 Å². The lowest BCUT2D eigenvalue weighted by atomic mass is 10.1. The Kier molecular flexibility index (Phi) is 9.81. The first kappa shape index (κ1) is 26.9. The zero-order valence-electron chi connectivity index (χ0n) is 19.2. The minimum absolute atomic E-state index is 0. The molecule has 0 radical (unpaired) electrons. The fourth-order valence-electron chi connectivity index (χ4n) is 3.35. The van der Waals surface area contributed by atoms with Gasteiger partial charge in [0.2, 0.25) is 0 Å². The van der Waals surface area contributed by atoms with Gasteiger partial charge in [0.05, 0.1) is 17.2 Å². The molecule has 10 heteroatoms. The zero-order chi connectivity index (χ0) is 21.8. The Morgan fingerprint density at radius 3 is 2.60 bits per heavy atom.